The average molecular weight is 322 g/mol. The highest BCUT2D eigenvalue weighted by Crippen LogP contribution is 2.23. The number of nitrogens with one attached hydrogen (secondary N) is 1. The Morgan fingerprint density at radius 2 is 2.22 bits per heavy atom. The molecule has 1 aromatic rings. The number of hydrogen-bond acceptors (Lipinski definition) is 7. The van der Waals surface area contributed by atoms with E-state index in [4.69, 9.17) is 0 Å². The lowest BCUT2D eigenvalue weighted by atomic mass is 9.99. The molecule has 1 aliphatic rings. The van der Waals surface area contributed by atoms with Gasteiger partial charge >= 0.3 is 11.7 Å². The second-order valence-electron chi connectivity index (χ2n) is 5.79. The topological polar surface area (TPSA) is 97.6 Å². The molecule has 2 heterocycles. The van der Waals surface area contributed by atoms with E-state index in [2.05, 4.69) is 26.9 Å². The molecule has 0 aromatic carbocycles. The molecule has 8 nitrogen and oxygen atoms in total. The van der Waals surface area contributed by atoms with Crippen LogP contribution in [0.15, 0.2) is 12.3 Å². The molecule has 1 N–H and O–H groups in total. The van der Waals surface area contributed by atoms with Crippen molar-refractivity contribution in [3.63, 3.8) is 0 Å². The van der Waals surface area contributed by atoms with Crippen LogP contribution in [0.3, 0.4) is 0 Å². The van der Waals surface area contributed by atoms with Crippen LogP contribution in [0.2, 0.25) is 0 Å². The maximum atomic E-state index is 11.4. The first-order valence-electron chi connectivity index (χ1n) is 7.70. The van der Waals surface area contributed by atoms with E-state index in [-0.39, 0.29) is 17.1 Å². The molecule has 1 aromatic heterocycles. The van der Waals surface area contributed by atoms with Gasteiger partial charge in [0.05, 0.1) is 17.6 Å². The molecule has 2 rings (SSSR count). The number of ether oxygens (including phenoxy) is 1. The van der Waals surface area contributed by atoms with Gasteiger partial charge in [-0.05, 0) is 31.8 Å². The van der Waals surface area contributed by atoms with Crippen molar-refractivity contribution in [2.24, 2.45) is 5.92 Å². The molecule has 0 aliphatic carbocycles. The van der Waals surface area contributed by atoms with Crippen molar-refractivity contribution in [2.45, 2.75) is 19.8 Å². The standard InChI is InChI=1S/C15H22N4O4/c1-11-3-6-18(7-4-11)8-5-16-14-13(19(21)22)9-12(10-17-14)15(20)23-2/h9-11H,3-8H2,1-2H3,(H,16,17). The van der Waals surface area contributed by atoms with Crippen molar-refractivity contribution < 1.29 is 14.5 Å². The number of methoxy groups -OCH3 is 1. The van der Waals surface area contributed by atoms with Crippen LogP contribution in [0, 0.1) is 16.0 Å². The molecular weight excluding hydrogens is 300 g/mol. The second-order valence-corrected chi connectivity index (χ2v) is 5.79. The number of piperidine rings is 1. The van der Waals surface area contributed by atoms with Crippen LogP contribution in [0.5, 0.6) is 0 Å². The first-order valence-corrected chi connectivity index (χ1v) is 7.70. The van der Waals surface area contributed by atoms with Crippen LogP contribution in [0.1, 0.15) is 30.1 Å². The van der Waals surface area contributed by atoms with Gasteiger partial charge in [0.25, 0.3) is 0 Å². The third kappa shape index (κ3) is 4.62. The van der Waals surface area contributed by atoms with E-state index in [0.717, 1.165) is 25.6 Å². The van der Waals surface area contributed by atoms with Gasteiger partial charge in [0.1, 0.15) is 0 Å². The first-order chi connectivity index (χ1) is 11.0. The van der Waals surface area contributed by atoms with Crippen molar-refractivity contribution in [2.75, 3.05) is 38.6 Å². The summed E-state index contributed by atoms with van der Waals surface area (Å²) in [7, 11) is 1.22. The van der Waals surface area contributed by atoms with Crippen LogP contribution in [-0.4, -0.2) is 54.1 Å². The third-order valence-corrected chi connectivity index (χ3v) is 4.08. The number of anilines is 1. The van der Waals surface area contributed by atoms with E-state index < -0.39 is 10.9 Å². The van der Waals surface area contributed by atoms with Crippen molar-refractivity contribution in [1.82, 2.24) is 9.88 Å². The van der Waals surface area contributed by atoms with E-state index in [1.807, 2.05) is 0 Å². The van der Waals surface area contributed by atoms with Gasteiger partial charge in [-0.25, -0.2) is 9.78 Å². The monoisotopic (exact) mass is 322 g/mol. The normalized spacial score (nSPS) is 16.1. The fourth-order valence-electron chi connectivity index (χ4n) is 2.58. The molecule has 126 valence electrons. The third-order valence-electron chi connectivity index (χ3n) is 4.08. The lowest BCUT2D eigenvalue weighted by Gasteiger charge is -2.30. The molecule has 0 atom stereocenters. The maximum absolute atomic E-state index is 11.4. The number of likely N-dealkylation sites (tertiary alicyclic amines) is 1. The van der Waals surface area contributed by atoms with Crippen LogP contribution in [0.25, 0.3) is 0 Å². The first kappa shape index (κ1) is 17.1. The number of pyridine rings is 1. The summed E-state index contributed by atoms with van der Waals surface area (Å²) < 4.78 is 4.55. The van der Waals surface area contributed by atoms with Crippen LogP contribution < -0.4 is 5.32 Å². The number of carbonyl (C=O) groups is 1. The van der Waals surface area contributed by atoms with E-state index in [1.54, 1.807) is 0 Å². The molecule has 0 bridgehead atoms. The zero-order valence-electron chi connectivity index (χ0n) is 13.4. The predicted molar refractivity (Wildman–Crippen MR) is 85.6 cm³/mol. The Bertz CT molecular complexity index is 571. The highest BCUT2D eigenvalue weighted by Gasteiger charge is 2.20. The average Bonchev–Trinajstić information content (AvgIpc) is 2.56. The van der Waals surface area contributed by atoms with Gasteiger partial charge in [0.15, 0.2) is 0 Å². The van der Waals surface area contributed by atoms with E-state index in [0.29, 0.717) is 6.54 Å². The Morgan fingerprint density at radius 3 is 2.83 bits per heavy atom. The summed E-state index contributed by atoms with van der Waals surface area (Å²) in [4.78, 5) is 28.4. The minimum Gasteiger partial charge on any atom is -0.465 e. The van der Waals surface area contributed by atoms with Gasteiger partial charge in [-0.15, -0.1) is 0 Å². The summed E-state index contributed by atoms with van der Waals surface area (Å²) >= 11 is 0. The van der Waals surface area contributed by atoms with Crippen LogP contribution >= 0.6 is 0 Å². The van der Waals surface area contributed by atoms with Crippen molar-refractivity contribution in [3.8, 4) is 0 Å². The van der Waals surface area contributed by atoms with Gasteiger partial charge in [-0.1, -0.05) is 6.92 Å². The van der Waals surface area contributed by atoms with Crippen molar-refractivity contribution in [3.05, 3.63) is 27.9 Å². The maximum Gasteiger partial charge on any atom is 0.339 e. The van der Waals surface area contributed by atoms with E-state index in [1.165, 1.54) is 32.2 Å². The fourth-order valence-corrected chi connectivity index (χ4v) is 2.58. The van der Waals surface area contributed by atoms with Gasteiger partial charge in [-0.3, -0.25) is 10.1 Å². The molecule has 0 spiro atoms. The van der Waals surface area contributed by atoms with Gasteiger partial charge in [0.2, 0.25) is 5.82 Å². The number of esters is 1. The van der Waals surface area contributed by atoms with Crippen LogP contribution in [0.4, 0.5) is 11.5 Å². The lowest BCUT2D eigenvalue weighted by Crippen LogP contribution is -2.36. The van der Waals surface area contributed by atoms with Gasteiger partial charge in [-0.2, -0.15) is 0 Å². The van der Waals surface area contributed by atoms with E-state index >= 15 is 0 Å². The van der Waals surface area contributed by atoms with Crippen molar-refractivity contribution >= 4 is 17.5 Å². The Labute approximate surface area is 135 Å². The second kappa shape index (κ2) is 7.87. The number of nitrogens with zero attached hydrogens (tertiary/aromatic N) is 3. The summed E-state index contributed by atoms with van der Waals surface area (Å²) in [6, 6.07) is 1.18. The summed E-state index contributed by atoms with van der Waals surface area (Å²) in [5.74, 6) is 0.301. The van der Waals surface area contributed by atoms with Crippen molar-refractivity contribution in [1.29, 1.82) is 0 Å². The lowest BCUT2D eigenvalue weighted by molar-refractivity contribution is -0.384. The molecule has 0 saturated carbocycles. The number of nitro groups is 1. The van der Waals surface area contributed by atoms with Gasteiger partial charge in [0, 0.05) is 25.4 Å². The minimum absolute atomic E-state index is 0.0646. The zero-order valence-corrected chi connectivity index (χ0v) is 13.4. The quantitative estimate of drug-likeness (QED) is 0.485. The Balaban J connectivity index is 1.96. The predicted octanol–water partition coefficient (Wildman–Crippen LogP) is 1.92. The molecule has 1 saturated heterocycles. The Morgan fingerprint density at radius 1 is 1.52 bits per heavy atom. The number of aromatic nitrogens is 1. The Hall–Kier alpha value is -2.22. The fraction of sp³-hybridized carbons (Fsp3) is 0.600. The SMILES string of the molecule is COC(=O)c1cnc(NCCN2CCC(C)CC2)c([N+](=O)[O-])c1. The molecule has 0 radical (unpaired) electrons. The zero-order chi connectivity index (χ0) is 16.8. The molecule has 1 fully saturated rings. The molecule has 0 unspecified atom stereocenters. The minimum atomic E-state index is -0.644. The number of carbonyl (C=O) groups excluding carboxylic acids is 1. The van der Waals surface area contributed by atoms with E-state index in [9.17, 15) is 14.9 Å². The highest BCUT2D eigenvalue weighted by molar-refractivity contribution is 5.90. The summed E-state index contributed by atoms with van der Waals surface area (Å²) in [6.45, 7) is 5.75. The molecule has 0 amide bonds. The van der Waals surface area contributed by atoms with Crippen LogP contribution in [-0.2, 0) is 4.74 Å². The van der Waals surface area contributed by atoms with Gasteiger partial charge < -0.3 is 15.0 Å². The number of hydrogen-bond donors (Lipinski definition) is 1. The largest absolute Gasteiger partial charge is 0.465 e. The smallest absolute Gasteiger partial charge is 0.339 e. The Kier molecular flexibility index (Phi) is 5.86. The molecule has 23 heavy (non-hydrogen) atoms. The molecule has 1 aliphatic heterocycles. The summed E-state index contributed by atoms with van der Waals surface area (Å²) in [6.07, 6.45) is 3.65. The summed E-state index contributed by atoms with van der Waals surface area (Å²) in [5.41, 5.74) is -0.157. The molecular formula is C15H22N4O4. The summed E-state index contributed by atoms with van der Waals surface area (Å²) in [5, 5.41) is 14.1. The number of rotatable bonds is 6. The highest BCUT2D eigenvalue weighted by atomic mass is 16.6. The molecule has 8 heteroatoms.